The van der Waals surface area contributed by atoms with Crippen molar-refractivity contribution in [1.82, 2.24) is 4.84 Å². The van der Waals surface area contributed by atoms with Crippen molar-refractivity contribution in [3.63, 3.8) is 0 Å². The summed E-state index contributed by atoms with van der Waals surface area (Å²) in [6, 6.07) is 0. The van der Waals surface area contributed by atoms with Gasteiger partial charge in [0, 0.05) is 0 Å². The monoisotopic (exact) mass is 202 g/mol. The number of carbonyl (C=O) groups is 1. The minimum Gasteiger partial charge on any atom is -0.452 e. The largest absolute Gasteiger partial charge is 0.452 e. The van der Waals surface area contributed by atoms with Gasteiger partial charge in [-0.2, -0.15) is 0 Å². The van der Waals surface area contributed by atoms with E-state index >= 15 is 0 Å². The molecule has 0 heterocycles. The van der Waals surface area contributed by atoms with Crippen LogP contribution in [-0.4, -0.2) is 36.2 Å². The molecule has 3 N–H and O–H groups in total. The van der Waals surface area contributed by atoms with E-state index in [1.54, 1.807) is 0 Å². The Labute approximate surface area is 74.5 Å². The van der Waals surface area contributed by atoms with Gasteiger partial charge in [-0.05, 0) is 11.8 Å². The van der Waals surface area contributed by atoms with Crippen molar-refractivity contribution < 1.29 is 14.6 Å². The van der Waals surface area contributed by atoms with Crippen molar-refractivity contribution in [2.75, 3.05) is 19.0 Å². The maximum atomic E-state index is 10.7. The van der Waals surface area contributed by atoms with Crippen molar-refractivity contribution >= 4 is 29.3 Å². The molecule has 0 unspecified atom stereocenters. The first kappa shape index (κ1) is 11.0. The number of halogens is 2. The van der Waals surface area contributed by atoms with Crippen LogP contribution in [0.5, 0.6) is 0 Å². The maximum absolute atomic E-state index is 10.7. The molecule has 0 aliphatic heterocycles. The second-order valence-corrected chi connectivity index (χ2v) is 2.36. The minimum absolute atomic E-state index is 0.0302. The number of carbonyl (C=O) groups excluding carboxylic acids is 1. The average molecular weight is 203 g/mol. The SMILES string of the molecule is O=C(CNCl)O[C@@H](C[OH2+])CCl. The van der Waals surface area contributed by atoms with Gasteiger partial charge in [-0.3, -0.25) is 4.79 Å². The van der Waals surface area contributed by atoms with Gasteiger partial charge < -0.3 is 9.84 Å². The maximum Gasteiger partial charge on any atom is 0.321 e. The molecule has 1 atom stereocenters. The van der Waals surface area contributed by atoms with Crippen LogP contribution in [0.1, 0.15) is 0 Å². The van der Waals surface area contributed by atoms with Crippen LogP contribution in [0, 0.1) is 0 Å². The first-order valence-electron chi connectivity index (χ1n) is 2.98. The van der Waals surface area contributed by atoms with E-state index in [-0.39, 0.29) is 19.0 Å². The molecule has 6 heteroatoms. The topological polar surface area (TPSA) is 61.2 Å². The van der Waals surface area contributed by atoms with Gasteiger partial charge in [0.2, 0.25) is 0 Å². The minimum atomic E-state index is -0.533. The van der Waals surface area contributed by atoms with E-state index in [0.717, 1.165) is 0 Å². The van der Waals surface area contributed by atoms with Crippen LogP contribution in [0.2, 0.25) is 0 Å². The zero-order valence-electron chi connectivity index (χ0n) is 5.77. The molecule has 0 saturated heterocycles. The van der Waals surface area contributed by atoms with E-state index in [0.29, 0.717) is 0 Å². The lowest BCUT2D eigenvalue weighted by Gasteiger charge is -2.08. The number of hydrogen-bond donors (Lipinski definition) is 1. The van der Waals surface area contributed by atoms with E-state index in [1.807, 2.05) is 0 Å². The molecule has 0 bridgehead atoms. The summed E-state index contributed by atoms with van der Waals surface area (Å²) < 4.78 is 4.68. The summed E-state index contributed by atoms with van der Waals surface area (Å²) in [6.45, 7) is -0.105. The third-order valence-electron chi connectivity index (χ3n) is 0.909. The Kier molecular flexibility index (Phi) is 6.65. The summed E-state index contributed by atoms with van der Waals surface area (Å²) in [5.41, 5.74) is 0. The highest BCUT2D eigenvalue weighted by molar-refractivity contribution is 6.18. The molecule has 0 saturated carbocycles. The van der Waals surface area contributed by atoms with Crippen molar-refractivity contribution in [1.29, 1.82) is 0 Å². The van der Waals surface area contributed by atoms with Crippen LogP contribution in [0.4, 0.5) is 0 Å². The number of hydrogen-bond acceptors (Lipinski definition) is 3. The molecule has 0 aliphatic carbocycles. The first-order chi connectivity index (χ1) is 5.24. The summed E-state index contributed by atoms with van der Waals surface area (Å²) in [4.78, 5) is 12.8. The van der Waals surface area contributed by atoms with Gasteiger partial charge in [0.05, 0.1) is 5.88 Å². The zero-order chi connectivity index (χ0) is 8.69. The average Bonchev–Trinajstić information content (AvgIpc) is 2.01. The molecule has 0 aliphatic rings. The molecule has 0 rings (SSSR count). The predicted molar refractivity (Wildman–Crippen MR) is 42.9 cm³/mol. The Morgan fingerprint density at radius 1 is 1.73 bits per heavy atom. The number of esters is 1. The predicted octanol–water partition coefficient (Wildman–Crippen LogP) is -0.395. The Balaban J connectivity index is 3.54. The molecule has 0 fully saturated rings. The molecule has 0 aromatic heterocycles. The summed E-state index contributed by atoms with van der Waals surface area (Å²) in [5.74, 6) is -0.366. The van der Waals surface area contributed by atoms with Gasteiger partial charge in [0.15, 0.2) is 12.7 Å². The van der Waals surface area contributed by atoms with Crippen LogP contribution >= 0.6 is 23.4 Å². The van der Waals surface area contributed by atoms with Crippen molar-refractivity contribution in [3.8, 4) is 0 Å². The van der Waals surface area contributed by atoms with E-state index in [9.17, 15) is 4.79 Å². The Morgan fingerprint density at radius 3 is 2.73 bits per heavy atom. The lowest BCUT2D eigenvalue weighted by atomic mass is 10.4. The summed E-state index contributed by atoms with van der Waals surface area (Å²) in [7, 11) is 0. The molecule has 0 radical (unpaired) electrons. The van der Waals surface area contributed by atoms with E-state index < -0.39 is 12.1 Å². The Bertz CT molecular complexity index is 118. The van der Waals surface area contributed by atoms with E-state index in [1.165, 1.54) is 0 Å². The van der Waals surface area contributed by atoms with Gasteiger partial charge in [0.1, 0.15) is 6.54 Å². The summed E-state index contributed by atoms with van der Waals surface area (Å²) in [5, 5.41) is 6.87. The molecule has 0 aromatic rings. The first-order valence-corrected chi connectivity index (χ1v) is 3.89. The molecular formula is C5H10Cl2NO3+. The lowest BCUT2D eigenvalue weighted by molar-refractivity contribution is -0.148. The normalized spacial score (nSPS) is 12.6. The van der Waals surface area contributed by atoms with Crippen molar-refractivity contribution in [2.45, 2.75) is 6.10 Å². The molecule has 4 nitrogen and oxygen atoms in total. The lowest BCUT2D eigenvalue weighted by Crippen LogP contribution is -2.27. The highest BCUT2D eigenvalue weighted by Crippen LogP contribution is 1.94. The fourth-order valence-electron chi connectivity index (χ4n) is 0.410. The van der Waals surface area contributed by atoms with E-state index in [4.69, 9.17) is 28.5 Å². The highest BCUT2D eigenvalue weighted by atomic mass is 35.5. The second-order valence-electron chi connectivity index (χ2n) is 1.78. The molecule has 11 heavy (non-hydrogen) atoms. The van der Waals surface area contributed by atoms with Gasteiger partial charge >= 0.3 is 5.97 Å². The smallest absolute Gasteiger partial charge is 0.321 e. The van der Waals surface area contributed by atoms with Gasteiger partial charge in [-0.1, -0.05) is 0 Å². The third-order valence-corrected chi connectivity index (χ3v) is 1.39. The Morgan fingerprint density at radius 2 is 2.36 bits per heavy atom. The summed E-state index contributed by atoms with van der Waals surface area (Å²) >= 11 is 10.4. The zero-order valence-corrected chi connectivity index (χ0v) is 7.28. The van der Waals surface area contributed by atoms with Crippen LogP contribution in [0.3, 0.4) is 0 Å². The van der Waals surface area contributed by atoms with Gasteiger partial charge in [0.25, 0.3) is 0 Å². The summed E-state index contributed by atoms with van der Waals surface area (Å²) in [6.07, 6.45) is -0.533. The fourth-order valence-corrected chi connectivity index (χ4v) is 0.691. The van der Waals surface area contributed by atoms with Crippen LogP contribution in [0.25, 0.3) is 0 Å². The van der Waals surface area contributed by atoms with Crippen LogP contribution in [-0.2, 0) is 9.53 Å². The Hall–Kier alpha value is -0.0300. The number of ether oxygens (including phenoxy) is 1. The number of rotatable bonds is 5. The third kappa shape index (κ3) is 5.26. The standard InChI is InChI=1S/C5H9Cl2NO3/c6-1-4(3-9)11-5(10)2-8-7/h4,8-9H,1-3H2/p+1/t4-/m1/s1. The molecular weight excluding hydrogens is 193 g/mol. The number of alkyl halides is 1. The number of nitrogens with one attached hydrogen (secondary N) is 1. The molecule has 0 aromatic carbocycles. The quantitative estimate of drug-likeness (QED) is 0.286. The molecule has 0 spiro atoms. The van der Waals surface area contributed by atoms with E-state index in [2.05, 4.69) is 9.57 Å². The van der Waals surface area contributed by atoms with Gasteiger partial charge in [-0.25, -0.2) is 4.84 Å². The van der Waals surface area contributed by atoms with Crippen molar-refractivity contribution in [2.24, 2.45) is 0 Å². The highest BCUT2D eigenvalue weighted by Gasteiger charge is 2.13. The molecule has 66 valence electrons. The van der Waals surface area contributed by atoms with Gasteiger partial charge in [-0.15, -0.1) is 11.6 Å². The van der Waals surface area contributed by atoms with Crippen molar-refractivity contribution in [3.05, 3.63) is 0 Å². The van der Waals surface area contributed by atoms with Crippen LogP contribution in [0.15, 0.2) is 0 Å². The fraction of sp³-hybridized carbons (Fsp3) is 0.800. The second kappa shape index (κ2) is 6.67. The molecule has 0 amide bonds. The van der Waals surface area contributed by atoms with Crippen LogP contribution < -0.4 is 4.84 Å².